The lowest BCUT2D eigenvalue weighted by molar-refractivity contribution is 0.273. The van der Waals surface area contributed by atoms with Crippen LogP contribution in [0.5, 0.6) is 0 Å². The fourth-order valence-electron chi connectivity index (χ4n) is 3.26. The van der Waals surface area contributed by atoms with Gasteiger partial charge in [0.05, 0.1) is 12.3 Å². The molecule has 3 rings (SSSR count). The second kappa shape index (κ2) is 7.26. The number of anilines is 2. The molecule has 0 fully saturated rings. The highest BCUT2D eigenvalue weighted by molar-refractivity contribution is 5.86. The van der Waals surface area contributed by atoms with E-state index >= 15 is 0 Å². The van der Waals surface area contributed by atoms with Crippen molar-refractivity contribution in [3.63, 3.8) is 0 Å². The molecular weight excluding hydrogens is 322 g/mol. The molecule has 0 bridgehead atoms. The van der Waals surface area contributed by atoms with Gasteiger partial charge in [0.15, 0.2) is 0 Å². The normalized spacial score (nSPS) is 10.8. The highest BCUT2D eigenvalue weighted by atomic mass is 16.3. The number of benzene rings is 2. The second-order valence-electron chi connectivity index (χ2n) is 7.02. The number of aliphatic hydroxyl groups is 1. The molecule has 0 aliphatic carbocycles. The summed E-state index contributed by atoms with van der Waals surface area (Å²) in [6.45, 7) is 0.0110. The molecule has 2 aromatic carbocycles. The molecule has 1 heterocycles. The van der Waals surface area contributed by atoms with Crippen molar-refractivity contribution in [3.8, 4) is 22.3 Å². The molecule has 1 aromatic heterocycles. The molecular formula is C22H27N3O. The fourth-order valence-corrected chi connectivity index (χ4v) is 3.26. The van der Waals surface area contributed by atoms with Crippen molar-refractivity contribution in [3.05, 3.63) is 60.4 Å². The third-order valence-electron chi connectivity index (χ3n) is 4.82. The van der Waals surface area contributed by atoms with E-state index in [1.165, 1.54) is 5.69 Å². The number of nitrogens with zero attached hydrogens (tertiary/aromatic N) is 3. The zero-order valence-electron chi connectivity index (χ0n) is 16.2. The zero-order valence-corrected chi connectivity index (χ0v) is 16.2. The lowest BCUT2D eigenvalue weighted by Gasteiger charge is -2.15. The van der Waals surface area contributed by atoms with E-state index in [4.69, 9.17) is 0 Å². The molecule has 26 heavy (non-hydrogen) atoms. The quantitative estimate of drug-likeness (QED) is 0.756. The predicted molar refractivity (Wildman–Crippen MR) is 111 cm³/mol. The van der Waals surface area contributed by atoms with Crippen molar-refractivity contribution in [1.82, 2.24) is 4.57 Å². The van der Waals surface area contributed by atoms with E-state index in [1.807, 2.05) is 39.8 Å². The van der Waals surface area contributed by atoms with E-state index in [2.05, 4.69) is 64.5 Å². The maximum absolute atomic E-state index is 9.94. The molecule has 0 radical (unpaired) electrons. The van der Waals surface area contributed by atoms with Crippen LogP contribution in [0.4, 0.5) is 11.4 Å². The van der Waals surface area contributed by atoms with Gasteiger partial charge >= 0.3 is 0 Å². The van der Waals surface area contributed by atoms with Gasteiger partial charge in [-0.1, -0.05) is 24.3 Å². The molecule has 0 aliphatic heterocycles. The number of rotatable bonds is 5. The summed E-state index contributed by atoms with van der Waals surface area (Å²) >= 11 is 0. The average molecular weight is 349 g/mol. The van der Waals surface area contributed by atoms with Gasteiger partial charge in [-0.15, -0.1) is 0 Å². The van der Waals surface area contributed by atoms with Gasteiger partial charge in [0.25, 0.3) is 0 Å². The minimum Gasteiger partial charge on any atom is -0.390 e. The third-order valence-corrected chi connectivity index (χ3v) is 4.82. The summed E-state index contributed by atoms with van der Waals surface area (Å²) < 4.78 is 2.02. The van der Waals surface area contributed by atoms with Gasteiger partial charge < -0.3 is 19.5 Å². The lowest BCUT2D eigenvalue weighted by Crippen LogP contribution is -2.08. The molecule has 0 atom stereocenters. The van der Waals surface area contributed by atoms with Crippen molar-refractivity contribution < 1.29 is 5.11 Å². The Morgan fingerprint density at radius 1 is 0.769 bits per heavy atom. The number of hydrogen-bond acceptors (Lipinski definition) is 3. The Balaban J connectivity index is 2.12. The van der Waals surface area contributed by atoms with Crippen LogP contribution in [0.25, 0.3) is 22.3 Å². The molecule has 0 saturated heterocycles. The number of aryl methyl sites for hydroxylation is 1. The highest BCUT2D eigenvalue weighted by Crippen LogP contribution is 2.37. The van der Waals surface area contributed by atoms with Crippen molar-refractivity contribution in [2.75, 3.05) is 38.0 Å². The van der Waals surface area contributed by atoms with Crippen LogP contribution < -0.4 is 9.80 Å². The number of aliphatic hydroxyl groups excluding tert-OH is 1. The molecule has 0 aliphatic rings. The summed E-state index contributed by atoms with van der Waals surface area (Å²) in [5, 5.41) is 9.94. The molecule has 136 valence electrons. The number of aromatic nitrogens is 1. The SMILES string of the molecule is CN(C)c1ccc(-c2cn(C)c(CO)c2-c2ccc(N(C)C)cc2)cc1. The number of hydrogen-bond donors (Lipinski definition) is 1. The first kappa shape index (κ1) is 18.1. The molecule has 4 nitrogen and oxygen atoms in total. The average Bonchev–Trinajstić information content (AvgIpc) is 2.98. The van der Waals surface area contributed by atoms with Crippen LogP contribution in [0.2, 0.25) is 0 Å². The van der Waals surface area contributed by atoms with Gasteiger partial charge in [0.1, 0.15) is 0 Å². The van der Waals surface area contributed by atoms with E-state index < -0.39 is 0 Å². The van der Waals surface area contributed by atoms with Gasteiger partial charge in [0, 0.05) is 63.9 Å². The topological polar surface area (TPSA) is 31.6 Å². The maximum Gasteiger partial charge on any atom is 0.0839 e. The maximum atomic E-state index is 9.94. The smallest absolute Gasteiger partial charge is 0.0839 e. The van der Waals surface area contributed by atoms with Crippen LogP contribution in [0.15, 0.2) is 54.7 Å². The van der Waals surface area contributed by atoms with Gasteiger partial charge in [0.2, 0.25) is 0 Å². The first-order valence-corrected chi connectivity index (χ1v) is 8.77. The van der Waals surface area contributed by atoms with Crippen LogP contribution >= 0.6 is 0 Å². The van der Waals surface area contributed by atoms with Crippen LogP contribution in [0.3, 0.4) is 0 Å². The van der Waals surface area contributed by atoms with Crippen molar-refractivity contribution in [2.24, 2.45) is 7.05 Å². The van der Waals surface area contributed by atoms with Crippen LogP contribution in [0.1, 0.15) is 5.69 Å². The summed E-state index contributed by atoms with van der Waals surface area (Å²) in [6.07, 6.45) is 2.10. The van der Waals surface area contributed by atoms with Crippen molar-refractivity contribution in [1.29, 1.82) is 0 Å². The van der Waals surface area contributed by atoms with Gasteiger partial charge in [-0.2, -0.15) is 0 Å². The Hall–Kier alpha value is -2.72. The minimum atomic E-state index is 0.0110. The lowest BCUT2D eigenvalue weighted by atomic mass is 9.96. The molecule has 0 amide bonds. The Bertz CT molecular complexity index is 875. The van der Waals surface area contributed by atoms with Crippen molar-refractivity contribution >= 4 is 11.4 Å². The van der Waals surface area contributed by atoms with Crippen LogP contribution in [-0.4, -0.2) is 37.9 Å². The molecule has 0 saturated carbocycles. The van der Waals surface area contributed by atoms with E-state index in [9.17, 15) is 5.11 Å². The van der Waals surface area contributed by atoms with Gasteiger partial charge in [-0.05, 0) is 35.4 Å². The molecule has 4 heteroatoms. The van der Waals surface area contributed by atoms with E-state index in [0.717, 1.165) is 33.6 Å². The third kappa shape index (κ3) is 3.33. The highest BCUT2D eigenvalue weighted by Gasteiger charge is 2.17. The fraction of sp³-hybridized carbons (Fsp3) is 0.273. The molecule has 0 unspecified atom stereocenters. The summed E-state index contributed by atoms with van der Waals surface area (Å²) in [6, 6.07) is 17.0. The van der Waals surface area contributed by atoms with Crippen LogP contribution in [0, 0.1) is 0 Å². The first-order valence-electron chi connectivity index (χ1n) is 8.77. The Labute approximate surface area is 155 Å². The monoisotopic (exact) mass is 349 g/mol. The Morgan fingerprint density at radius 3 is 1.65 bits per heavy atom. The molecule has 3 aromatic rings. The van der Waals surface area contributed by atoms with Gasteiger partial charge in [-0.3, -0.25) is 0 Å². The van der Waals surface area contributed by atoms with Crippen LogP contribution in [-0.2, 0) is 13.7 Å². The molecule has 1 N–H and O–H groups in total. The van der Waals surface area contributed by atoms with Crippen molar-refractivity contribution in [2.45, 2.75) is 6.61 Å². The summed E-state index contributed by atoms with van der Waals surface area (Å²) in [4.78, 5) is 4.18. The first-order chi connectivity index (χ1) is 12.4. The zero-order chi connectivity index (χ0) is 18.8. The van der Waals surface area contributed by atoms with E-state index in [-0.39, 0.29) is 6.61 Å². The van der Waals surface area contributed by atoms with E-state index in [1.54, 1.807) is 0 Å². The Kier molecular flexibility index (Phi) is 5.05. The largest absolute Gasteiger partial charge is 0.390 e. The summed E-state index contributed by atoms with van der Waals surface area (Å²) in [7, 11) is 10.1. The summed E-state index contributed by atoms with van der Waals surface area (Å²) in [5.41, 5.74) is 7.76. The molecule has 0 spiro atoms. The van der Waals surface area contributed by atoms with Gasteiger partial charge in [-0.25, -0.2) is 0 Å². The second-order valence-corrected chi connectivity index (χ2v) is 7.02. The Morgan fingerprint density at radius 2 is 1.23 bits per heavy atom. The van der Waals surface area contributed by atoms with E-state index in [0.29, 0.717) is 0 Å². The summed E-state index contributed by atoms with van der Waals surface area (Å²) in [5.74, 6) is 0. The predicted octanol–water partition coefficient (Wildman–Crippen LogP) is 3.98. The minimum absolute atomic E-state index is 0.0110. The standard InChI is InChI=1S/C22H27N3O/c1-23(2)18-10-6-16(7-11-18)20-14-25(5)21(15-26)22(20)17-8-12-19(13-9-17)24(3)4/h6-14,26H,15H2,1-5H3.